The van der Waals surface area contributed by atoms with Gasteiger partial charge in [-0.05, 0) is 115 Å². The van der Waals surface area contributed by atoms with Crippen LogP contribution in [-0.4, -0.2) is 151 Å². The fraction of sp³-hybridized carbons (Fsp3) is 0.655. The van der Waals surface area contributed by atoms with Crippen molar-refractivity contribution in [2.75, 3.05) is 65.9 Å². The molecule has 27 heteroatoms. The van der Waals surface area contributed by atoms with E-state index in [4.69, 9.17) is 99.6 Å². The van der Waals surface area contributed by atoms with Gasteiger partial charge in [-0.1, -0.05) is 17.7 Å². The molecular formula is C29H43Cl6N5O15S. The molecule has 5 rings (SSSR count). The van der Waals surface area contributed by atoms with Crippen molar-refractivity contribution < 1.29 is 70.8 Å². The number of nitrogens with zero attached hydrogens (tertiary/aromatic N) is 1. The zero-order valence-electron chi connectivity index (χ0n) is 29.5. The summed E-state index contributed by atoms with van der Waals surface area (Å²) in [5.41, 5.74) is 5.94. The molecule has 4 aliphatic heterocycles. The zero-order valence-corrected chi connectivity index (χ0v) is 34.9. The number of alkyl halides is 6. The van der Waals surface area contributed by atoms with Crippen molar-refractivity contribution in [3.63, 3.8) is 0 Å². The Morgan fingerprint density at radius 2 is 1.25 bits per heavy atom. The van der Waals surface area contributed by atoms with E-state index in [1.165, 1.54) is 38.1 Å². The molecule has 56 heavy (non-hydrogen) atoms. The van der Waals surface area contributed by atoms with E-state index in [0.717, 1.165) is 12.1 Å². The monoisotopic (exact) mass is 943 g/mol. The lowest BCUT2D eigenvalue weighted by Crippen LogP contribution is -2.38. The predicted octanol–water partition coefficient (Wildman–Crippen LogP) is 2.18. The molecule has 3 amide bonds. The quantitative estimate of drug-likeness (QED) is 0.0808. The number of alkyl carbamates (subject to hydrolysis) is 3. The smallest absolute Gasteiger partial charge is 0.447 e. The van der Waals surface area contributed by atoms with E-state index in [-0.39, 0.29) is 62.7 Å². The second-order valence-corrected chi connectivity index (χ2v) is 17.5. The predicted molar refractivity (Wildman–Crippen MR) is 202 cm³/mol. The molecule has 0 spiro atoms. The van der Waals surface area contributed by atoms with Gasteiger partial charge in [0.25, 0.3) is 10.1 Å². The molecule has 4 heterocycles. The van der Waals surface area contributed by atoms with E-state index in [1.807, 2.05) is 6.92 Å². The van der Waals surface area contributed by atoms with Crippen molar-refractivity contribution in [1.82, 2.24) is 20.9 Å². The number of benzene rings is 1. The Morgan fingerprint density at radius 3 is 1.59 bits per heavy atom. The molecular weight excluding hydrogens is 903 g/mol. The lowest BCUT2D eigenvalue weighted by Gasteiger charge is -2.17. The van der Waals surface area contributed by atoms with Crippen LogP contribution in [0.15, 0.2) is 29.2 Å². The van der Waals surface area contributed by atoms with E-state index < -0.39 is 48.5 Å². The summed E-state index contributed by atoms with van der Waals surface area (Å²) in [6.07, 6.45) is -0.0853. The number of aliphatic hydroxyl groups is 3. The summed E-state index contributed by atoms with van der Waals surface area (Å²) in [5, 5.41) is 32.1. The Balaban J connectivity index is 0.000000367. The Morgan fingerprint density at radius 1 is 0.821 bits per heavy atom. The molecule has 0 aliphatic carbocycles. The molecule has 0 bridgehead atoms. The number of hydrogen-bond acceptors (Lipinski definition) is 17. The lowest BCUT2D eigenvalue weighted by molar-refractivity contribution is 0.0508. The second-order valence-electron chi connectivity index (χ2n) is 11.5. The molecule has 8 N–H and O–H groups in total. The van der Waals surface area contributed by atoms with Gasteiger partial charge in [0.1, 0.15) is 19.8 Å². The maximum Gasteiger partial charge on any atom is 0.515 e. The Kier molecular flexibility index (Phi) is 24.0. The van der Waals surface area contributed by atoms with Crippen LogP contribution < -0.4 is 21.7 Å². The van der Waals surface area contributed by atoms with Crippen LogP contribution in [-0.2, 0) is 38.0 Å². The number of nitrogens with one attached hydrogen (secondary N) is 3. The summed E-state index contributed by atoms with van der Waals surface area (Å²) < 4.78 is 45.9. The number of halogens is 6. The van der Waals surface area contributed by atoms with Gasteiger partial charge >= 0.3 is 32.4 Å². The molecule has 1 aromatic rings. The van der Waals surface area contributed by atoms with Crippen molar-refractivity contribution in [1.29, 1.82) is 0 Å². The SMILES string of the molecule is Cc1ccc(S(=O)(=O)OCC2COC(=O)N2)cc1.NC(CO)CO.O=C(OC(Cl)(Cl)Cl)OC(Cl)(Cl)Cl.O=C1NC(CN2CCCC2)CO1.O=C1NC(CO)CO1. The number of carbonyl (C=O) groups is 4. The van der Waals surface area contributed by atoms with E-state index in [9.17, 15) is 27.6 Å². The first-order chi connectivity index (χ1) is 26.0. The highest BCUT2D eigenvalue weighted by atomic mass is 35.6. The van der Waals surface area contributed by atoms with Crippen LogP contribution in [0.1, 0.15) is 18.4 Å². The number of nitrogens with two attached hydrogens (primary N) is 1. The summed E-state index contributed by atoms with van der Waals surface area (Å²) in [6, 6.07) is 5.48. The van der Waals surface area contributed by atoms with E-state index in [0.29, 0.717) is 6.61 Å². The largest absolute Gasteiger partial charge is 0.515 e. The second kappa shape index (κ2) is 26.0. The number of cyclic esters (lactones) is 3. The Hall–Kier alpha value is -2.25. The first-order valence-corrected chi connectivity index (χ1v) is 19.8. The zero-order chi connectivity index (χ0) is 42.5. The van der Waals surface area contributed by atoms with Gasteiger partial charge in [0.15, 0.2) is 0 Å². The minimum atomic E-state index is -3.79. The number of ether oxygens (including phenoxy) is 5. The maximum absolute atomic E-state index is 11.8. The molecule has 322 valence electrons. The van der Waals surface area contributed by atoms with Gasteiger partial charge in [-0.15, -0.1) is 0 Å². The minimum absolute atomic E-state index is 0.0499. The van der Waals surface area contributed by atoms with Crippen molar-refractivity contribution in [2.45, 2.75) is 56.8 Å². The first kappa shape index (κ1) is 51.8. The number of aliphatic hydroxyl groups excluding tert-OH is 3. The van der Waals surface area contributed by atoms with Gasteiger partial charge < -0.3 is 65.6 Å². The average Bonchev–Trinajstić information content (AvgIpc) is 3.94. The molecule has 3 atom stereocenters. The number of likely N-dealkylation sites (tertiary alicyclic amines) is 1. The maximum atomic E-state index is 11.8. The Bertz CT molecular complexity index is 1450. The first-order valence-electron chi connectivity index (χ1n) is 16.2. The van der Waals surface area contributed by atoms with Crippen LogP contribution in [0.25, 0.3) is 0 Å². The molecule has 1 aromatic carbocycles. The van der Waals surface area contributed by atoms with E-state index in [1.54, 1.807) is 12.1 Å². The summed E-state index contributed by atoms with van der Waals surface area (Å²) in [7, 11) is -3.79. The molecule has 4 fully saturated rings. The number of rotatable bonds is 9. The van der Waals surface area contributed by atoms with Crippen LogP contribution in [0, 0.1) is 6.92 Å². The molecule has 0 saturated carbocycles. The van der Waals surface area contributed by atoms with Crippen molar-refractivity contribution in [3.05, 3.63) is 29.8 Å². The van der Waals surface area contributed by atoms with Crippen LogP contribution in [0.4, 0.5) is 19.2 Å². The van der Waals surface area contributed by atoms with Gasteiger partial charge in [-0.2, -0.15) is 8.42 Å². The summed E-state index contributed by atoms with van der Waals surface area (Å²) in [4.78, 5) is 44.6. The minimum Gasteiger partial charge on any atom is -0.447 e. The normalized spacial score (nSPS) is 20.4. The van der Waals surface area contributed by atoms with E-state index >= 15 is 0 Å². The number of amides is 3. The van der Waals surface area contributed by atoms with Gasteiger partial charge in [0, 0.05) is 6.54 Å². The third-order valence-electron chi connectivity index (χ3n) is 6.71. The van der Waals surface area contributed by atoms with Gasteiger partial charge in [0.05, 0.1) is 55.5 Å². The third kappa shape index (κ3) is 24.5. The number of hydrogen-bond donors (Lipinski definition) is 7. The van der Waals surface area contributed by atoms with Crippen LogP contribution in [0.5, 0.6) is 0 Å². The standard InChI is InChI=1S/C11H13NO5S.C8H14N2O2.C4H7NO3.C3Cl6O3.C3H9NO2/c1-8-2-4-10(5-3-8)18(14,15)17-7-9-6-16-11(13)12-9;11-8-9-7(6-12-8)5-10-3-1-2-4-10;6-1-3-2-8-4(7)5-3;4-2(5,6)11-1(10)12-3(7,8)9;4-3(1-5)2-6/h2-5,9H,6-7H2,1H3,(H,12,13);7H,1-6H2,(H,9,11);3,6H,1-2H2,(H,5,7);;3,5-6H,1-2,4H2. The van der Waals surface area contributed by atoms with Crippen molar-refractivity contribution in [2.24, 2.45) is 5.73 Å². The van der Waals surface area contributed by atoms with Crippen LogP contribution >= 0.6 is 69.6 Å². The fourth-order valence-corrected chi connectivity index (χ4v) is 5.38. The summed E-state index contributed by atoms with van der Waals surface area (Å²) in [5.74, 6) is 0. The topological polar surface area (TPSA) is 284 Å². The molecule has 0 radical (unpaired) electrons. The average molecular weight is 946 g/mol. The van der Waals surface area contributed by atoms with Gasteiger partial charge in [0.2, 0.25) is 0 Å². The Labute approximate surface area is 352 Å². The van der Waals surface area contributed by atoms with Crippen molar-refractivity contribution >= 4 is 104 Å². The molecule has 4 aliphatic rings. The third-order valence-corrected chi connectivity index (χ3v) is 8.47. The molecule has 3 unspecified atom stereocenters. The number of aryl methyl sites for hydroxylation is 1. The fourth-order valence-electron chi connectivity index (χ4n) is 4.05. The van der Waals surface area contributed by atoms with Crippen molar-refractivity contribution in [3.8, 4) is 0 Å². The summed E-state index contributed by atoms with van der Waals surface area (Å²) in [6.45, 7) is 5.63. The van der Waals surface area contributed by atoms with Gasteiger partial charge in [-0.3, -0.25) is 4.18 Å². The molecule has 4 saturated heterocycles. The van der Waals surface area contributed by atoms with E-state index in [2.05, 4.69) is 39.8 Å². The summed E-state index contributed by atoms with van der Waals surface area (Å²) >= 11 is 30.2. The highest BCUT2D eigenvalue weighted by molar-refractivity contribution is 7.86. The molecule has 20 nitrogen and oxygen atoms in total. The lowest BCUT2D eigenvalue weighted by atomic mass is 10.2. The number of carbonyl (C=O) groups excluding carboxylic acids is 4. The molecule has 0 aromatic heterocycles. The highest BCUT2D eigenvalue weighted by Gasteiger charge is 2.32. The van der Waals surface area contributed by atoms with Crippen LogP contribution in [0.3, 0.4) is 0 Å². The van der Waals surface area contributed by atoms with Gasteiger partial charge in [-0.25, -0.2) is 19.2 Å². The van der Waals surface area contributed by atoms with Crippen LogP contribution in [0.2, 0.25) is 0 Å². The highest BCUT2D eigenvalue weighted by Crippen LogP contribution is 2.32.